The van der Waals surface area contributed by atoms with Crippen molar-refractivity contribution in [2.75, 3.05) is 0 Å². The van der Waals surface area contributed by atoms with Crippen LogP contribution in [0.25, 0.3) is 12.2 Å². The van der Waals surface area contributed by atoms with E-state index in [1.165, 1.54) is 0 Å². The molecular weight excluding hydrogens is 182 g/mol. The Morgan fingerprint density at radius 1 is 1.20 bits per heavy atom. The van der Waals surface area contributed by atoms with E-state index < -0.39 is 0 Å². The van der Waals surface area contributed by atoms with E-state index in [-0.39, 0.29) is 0 Å². The van der Waals surface area contributed by atoms with Gasteiger partial charge in [-0.1, -0.05) is 58.6 Å². The largest absolute Gasteiger partial charge is 0.257 e. The van der Waals surface area contributed by atoms with Crippen molar-refractivity contribution in [2.45, 2.75) is 34.6 Å². The Morgan fingerprint density at radius 2 is 1.80 bits per heavy atom. The quantitative estimate of drug-likeness (QED) is 0.687. The van der Waals surface area contributed by atoms with Crippen LogP contribution < -0.4 is 10.6 Å². The van der Waals surface area contributed by atoms with Crippen molar-refractivity contribution in [3.8, 4) is 0 Å². The third kappa shape index (κ3) is 6.67. The fourth-order valence-electron chi connectivity index (χ4n) is 0.939. The summed E-state index contributed by atoms with van der Waals surface area (Å²) in [7, 11) is 0. The zero-order valence-electron chi connectivity index (χ0n) is 10.6. The molecule has 0 unspecified atom stereocenters. The van der Waals surface area contributed by atoms with E-state index in [1.807, 2.05) is 58.9 Å². The summed E-state index contributed by atoms with van der Waals surface area (Å²) in [4.78, 5) is 4.18. The maximum absolute atomic E-state index is 4.18. The van der Waals surface area contributed by atoms with Crippen molar-refractivity contribution in [3.63, 3.8) is 0 Å². The minimum absolute atomic E-state index is 1.01. The summed E-state index contributed by atoms with van der Waals surface area (Å²) in [5.41, 5.74) is 0. The lowest BCUT2D eigenvalue weighted by Gasteiger charge is -1.85. The molecule has 0 aliphatic heterocycles. The monoisotopic (exact) mass is 205 g/mol. The van der Waals surface area contributed by atoms with Gasteiger partial charge in [-0.05, 0) is 18.2 Å². The predicted molar refractivity (Wildman–Crippen MR) is 71.0 cm³/mol. The average molecular weight is 205 g/mol. The number of pyridine rings is 1. The molecule has 0 aliphatic carbocycles. The lowest BCUT2D eigenvalue weighted by molar-refractivity contribution is 1.22. The van der Waals surface area contributed by atoms with Crippen LogP contribution in [0, 0.1) is 0 Å². The molecule has 0 aliphatic rings. The fourth-order valence-corrected chi connectivity index (χ4v) is 0.939. The molecule has 0 amide bonds. The van der Waals surface area contributed by atoms with Gasteiger partial charge in [0.25, 0.3) is 0 Å². The zero-order valence-corrected chi connectivity index (χ0v) is 10.6. The first-order chi connectivity index (χ1) is 7.38. The van der Waals surface area contributed by atoms with Crippen LogP contribution in [0.3, 0.4) is 0 Å². The van der Waals surface area contributed by atoms with Crippen molar-refractivity contribution in [1.82, 2.24) is 4.98 Å². The smallest absolute Gasteiger partial charge is 0.0659 e. The molecule has 0 radical (unpaired) electrons. The van der Waals surface area contributed by atoms with Gasteiger partial charge in [-0.3, -0.25) is 4.98 Å². The molecule has 0 aromatic carbocycles. The molecule has 0 saturated carbocycles. The number of aromatic nitrogens is 1. The van der Waals surface area contributed by atoms with Crippen LogP contribution in [0.15, 0.2) is 31.0 Å². The molecule has 1 heteroatoms. The molecule has 1 aromatic heterocycles. The van der Waals surface area contributed by atoms with Crippen LogP contribution in [0.1, 0.15) is 34.6 Å². The van der Waals surface area contributed by atoms with Gasteiger partial charge in [0.15, 0.2) is 0 Å². The van der Waals surface area contributed by atoms with E-state index in [1.54, 1.807) is 12.3 Å². The number of rotatable bonds is 1. The van der Waals surface area contributed by atoms with E-state index in [0.717, 1.165) is 10.6 Å². The molecule has 0 atom stereocenters. The van der Waals surface area contributed by atoms with Gasteiger partial charge in [-0.15, -0.1) is 0 Å². The summed E-state index contributed by atoms with van der Waals surface area (Å²) >= 11 is 0. The summed E-state index contributed by atoms with van der Waals surface area (Å²) in [6.45, 7) is 13.6. The first kappa shape index (κ1) is 16.1. The van der Waals surface area contributed by atoms with Gasteiger partial charge in [0.2, 0.25) is 0 Å². The fraction of sp³-hybridized carbons (Fsp3) is 0.357. The molecule has 1 rings (SSSR count). The maximum atomic E-state index is 4.18. The van der Waals surface area contributed by atoms with Gasteiger partial charge in [0, 0.05) is 6.20 Å². The molecular formula is C14H23N. The Morgan fingerprint density at radius 3 is 2.27 bits per heavy atom. The second-order valence-corrected chi connectivity index (χ2v) is 2.17. The van der Waals surface area contributed by atoms with Crippen LogP contribution in [-0.2, 0) is 0 Å². The second kappa shape index (κ2) is 12.6. The molecule has 0 bridgehead atoms. The SMILES string of the molecule is C=C/C=c1/cccn/c1=C/C.CC.CC. The van der Waals surface area contributed by atoms with Gasteiger partial charge >= 0.3 is 0 Å². The minimum atomic E-state index is 1.01. The third-order valence-electron chi connectivity index (χ3n) is 1.44. The van der Waals surface area contributed by atoms with Crippen LogP contribution in [0.4, 0.5) is 0 Å². The molecule has 0 N–H and O–H groups in total. The van der Waals surface area contributed by atoms with Crippen molar-refractivity contribution in [2.24, 2.45) is 0 Å². The van der Waals surface area contributed by atoms with Gasteiger partial charge in [0.1, 0.15) is 0 Å². The van der Waals surface area contributed by atoms with Gasteiger partial charge in [-0.2, -0.15) is 0 Å². The van der Waals surface area contributed by atoms with Crippen molar-refractivity contribution in [3.05, 3.63) is 41.6 Å². The summed E-state index contributed by atoms with van der Waals surface area (Å²) in [6.07, 6.45) is 7.48. The van der Waals surface area contributed by atoms with Crippen molar-refractivity contribution >= 4 is 12.2 Å². The lowest BCUT2D eigenvalue weighted by atomic mass is 10.3. The average Bonchev–Trinajstić information content (AvgIpc) is 2.35. The Labute approximate surface area is 93.9 Å². The molecule has 1 aromatic rings. The Hall–Kier alpha value is -1.37. The minimum Gasteiger partial charge on any atom is -0.257 e. The second-order valence-electron chi connectivity index (χ2n) is 2.17. The van der Waals surface area contributed by atoms with E-state index in [2.05, 4.69) is 11.6 Å². The first-order valence-corrected chi connectivity index (χ1v) is 5.58. The lowest BCUT2D eigenvalue weighted by Crippen LogP contribution is -2.26. The molecule has 15 heavy (non-hydrogen) atoms. The predicted octanol–water partition coefficient (Wildman–Crippen LogP) is 2.90. The van der Waals surface area contributed by atoms with Crippen LogP contribution in [0.2, 0.25) is 0 Å². The Kier molecular flexibility index (Phi) is 13.5. The number of hydrogen-bond donors (Lipinski definition) is 0. The first-order valence-electron chi connectivity index (χ1n) is 5.58. The van der Waals surface area contributed by atoms with Crippen LogP contribution in [0.5, 0.6) is 0 Å². The highest BCUT2D eigenvalue weighted by molar-refractivity contribution is 5.35. The number of nitrogens with zero attached hydrogens (tertiary/aromatic N) is 1. The summed E-state index contributed by atoms with van der Waals surface area (Å²) in [5, 5.41) is 2.12. The van der Waals surface area contributed by atoms with E-state index in [9.17, 15) is 0 Å². The number of allylic oxidation sites excluding steroid dienone is 1. The van der Waals surface area contributed by atoms with E-state index in [0.29, 0.717) is 0 Å². The summed E-state index contributed by atoms with van der Waals surface area (Å²) in [6, 6.07) is 3.94. The van der Waals surface area contributed by atoms with Gasteiger partial charge in [0.05, 0.1) is 5.35 Å². The van der Waals surface area contributed by atoms with Gasteiger partial charge < -0.3 is 0 Å². The highest BCUT2D eigenvalue weighted by Crippen LogP contribution is 1.68. The standard InChI is InChI=1S/C10H11N.2C2H6/c1-3-6-9-7-5-8-11-10(9)4-2;2*1-2/h3-8H,1H2,2H3;2*1-2H3/b9-6-,10-4+;;. The molecule has 0 saturated heterocycles. The molecule has 0 spiro atoms. The Balaban J connectivity index is 0. The summed E-state index contributed by atoms with van der Waals surface area (Å²) < 4.78 is 0. The zero-order chi connectivity index (χ0) is 12.1. The van der Waals surface area contributed by atoms with Gasteiger partial charge in [-0.25, -0.2) is 0 Å². The molecule has 1 heterocycles. The van der Waals surface area contributed by atoms with Crippen LogP contribution in [-0.4, -0.2) is 4.98 Å². The molecule has 0 fully saturated rings. The number of hydrogen-bond acceptors (Lipinski definition) is 1. The van der Waals surface area contributed by atoms with E-state index in [4.69, 9.17) is 0 Å². The maximum Gasteiger partial charge on any atom is 0.0659 e. The highest BCUT2D eigenvalue weighted by Gasteiger charge is 1.79. The highest BCUT2D eigenvalue weighted by atomic mass is 14.6. The van der Waals surface area contributed by atoms with Crippen LogP contribution >= 0.6 is 0 Å². The van der Waals surface area contributed by atoms with Crippen molar-refractivity contribution in [1.29, 1.82) is 0 Å². The Bertz CT molecular complexity index is 350. The van der Waals surface area contributed by atoms with Crippen molar-refractivity contribution < 1.29 is 0 Å². The topological polar surface area (TPSA) is 12.9 Å². The normalized spacial score (nSPS) is 10.7. The van der Waals surface area contributed by atoms with E-state index >= 15 is 0 Å². The summed E-state index contributed by atoms with van der Waals surface area (Å²) in [5.74, 6) is 0. The third-order valence-corrected chi connectivity index (χ3v) is 1.44. The molecule has 1 nitrogen and oxygen atoms in total. The molecule has 84 valence electrons.